The van der Waals surface area contributed by atoms with E-state index in [4.69, 9.17) is 40.3 Å². The van der Waals surface area contributed by atoms with Crippen molar-refractivity contribution in [3.8, 4) is 33.4 Å². The highest BCUT2D eigenvalue weighted by Gasteiger charge is 2.33. The predicted molar refractivity (Wildman–Crippen MR) is 343 cm³/mol. The Bertz CT molecular complexity index is 3330. The summed E-state index contributed by atoms with van der Waals surface area (Å²) in [5.41, 5.74) is 22.8. The van der Waals surface area contributed by atoms with Crippen LogP contribution >= 0.6 is 0 Å². The minimum Gasteiger partial charge on any atom is -0.481 e. The smallest absolute Gasteiger partial charge is 0.407 e. The highest BCUT2D eigenvalue weighted by Crippen LogP contribution is 2.47. The van der Waals surface area contributed by atoms with Gasteiger partial charge in [0.15, 0.2) is 0 Å². The summed E-state index contributed by atoms with van der Waals surface area (Å²) < 4.78 is 26.7. The fraction of sp³-hybridized carbons (Fsp3) is 0.366. The zero-order valence-electron chi connectivity index (χ0n) is 52.6. The van der Waals surface area contributed by atoms with Crippen LogP contribution in [0, 0.1) is 0 Å². The maximum atomic E-state index is 12.4. The third-order valence-corrected chi connectivity index (χ3v) is 15.4. The second-order valence-corrected chi connectivity index (χ2v) is 24.5. The minimum atomic E-state index is -1.18. The monoisotopic (exact) mass is 1260 g/mol. The third-order valence-electron chi connectivity index (χ3n) is 15.4. The topological polar surface area (TPSA) is 328 Å². The van der Waals surface area contributed by atoms with Crippen molar-refractivity contribution in [1.29, 1.82) is 0 Å². The van der Waals surface area contributed by atoms with Gasteiger partial charge in [0.1, 0.15) is 49.1 Å². The lowest BCUT2D eigenvalue weighted by Crippen LogP contribution is -2.45. The van der Waals surface area contributed by atoms with Crippen LogP contribution in [-0.4, -0.2) is 113 Å². The molecule has 0 bridgehead atoms. The van der Waals surface area contributed by atoms with Gasteiger partial charge in [0, 0.05) is 37.0 Å². The van der Waals surface area contributed by atoms with Crippen molar-refractivity contribution in [2.24, 2.45) is 11.5 Å². The number of hydrogen-bond acceptors (Lipinski definition) is 14. The van der Waals surface area contributed by atoms with Gasteiger partial charge in [-0.25, -0.2) is 19.2 Å². The molecular formula is C71H81N5O16. The molecule has 6 aromatic rings. The number of primary amides is 2. The van der Waals surface area contributed by atoms with Gasteiger partial charge in [-0.2, -0.15) is 0 Å². The Balaban J connectivity index is 0.000000196. The second-order valence-electron chi connectivity index (χ2n) is 24.5. The van der Waals surface area contributed by atoms with Crippen LogP contribution in [0.25, 0.3) is 33.4 Å². The molecule has 9 N–H and O–H groups in total. The fourth-order valence-corrected chi connectivity index (χ4v) is 11.3. The second kappa shape index (κ2) is 32.1. The molecule has 486 valence electrons. The predicted octanol–water partition coefficient (Wildman–Crippen LogP) is 11.0. The Kier molecular flexibility index (Phi) is 24.2. The maximum absolute atomic E-state index is 12.4. The number of amides is 5. The van der Waals surface area contributed by atoms with Crippen molar-refractivity contribution in [2.45, 2.75) is 146 Å². The van der Waals surface area contributed by atoms with E-state index < -0.39 is 77.3 Å². The van der Waals surface area contributed by atoms with Gasteiger partial charge in [-0.1, -0.05) is 146 Å². The Labute approximate surface area is 534 Å². The molecule has 9 rings (SSSR count). The van der Waals surface area contributed by atoms with Gasteiger partial charge in [-0.15, -0.1) is 0 Å². The number of rotatable bonds is 24. The normalized spacial score (nSPS) is 13.5. The molecule has 21 nitrogen and oxygen atoms in total. The summed E-state index contributed by atoms with van der Waals surface area (Å²) in [6, 6.07) is 44.9. The third kappa shape index (κ3) is 19.7. The molecule has 0 aromatic heterocycles. The van der Waals surface area contributed by atoms with E-state index in [0.29, 0.717) is 6.42 Å². The Morgan fingerprint density at radius 1 is 0.391 bits per heavy atom. The van der Waals surface area contributed by atoms with Gasteiger partial charge in [-0.05, 0) is 147 Å². The molecule has 0 heterocycles. The molecule has 0 saturated heterocycles. The Morgan fingerprint density at radius 2 is 0.630 bits per heavy atom. The first kappa shape index (κ1) is 69.4. The molecular weight excluding hydrogens is 1180 g/mol. The minimum absolute atomic E-state index is 0.0765. The Hall–Kier alpha value is -10.1. The lowest BCUT2D eigenvalue weighted by molar-refractivity contribution is -0.156. The summed E-state index contributed by atoms with van der Waals surface area (Å²) in [4.78, 5) is 106. The molecule has 5 amide bonds. The van der Waals surface area contributed by atoms with E-state index in [-0.39, 0.29) is 94.9 Å². The summed E-state index contributed by atoms with van der Waals surface area (Å²) in [6.45, 7) is 11.0. The molecule has 3 aliphatic rings. The van der Waals surface area contributed by atoms with E-state index in [1.54, 1.807) is 41.5 Å². The number of esters is 2. The van der Waals surface area contributed by atoms with Gasteiger partial charge in [-0.3, -0.25) is 24.0 Å². The number of nitrogens with one attached hydrogen (secondary N) is 3. The molecule has 0 spiro atoms. The van der Waals surface area contributed by atoms with Gasteiger partial charge in [0.25, 0.3) is 0 Å². The average Bonchev–Trinajstić information content (AvgIpc) is 1.64. The molecule has 3 atom stereocenters. The molecule has 3 aliphatic carbocycles. The first-order chi connectivity index (χ1) is 43.8. The maximum Gasteiger partial charge on any atom is 0.407 e. The lowest BCUT2D eigenvalue weighted by Gasteiger charge is -2.20. The standard InChI is InChI=1S/C25H30N2O5.C25H29NO6.C21H22N2O5/c1-25(2,3)32-22(28)14-8-13-21(23(26)29)27-24(30)31-15-20-18-11-6-4-9-16(18)17-10-5-7-12-19(17)20;1-25(2,3)32-22(27)14-8-13-21(23(28)29)26-24(30)31-15-20-18-11-6-4-9-16(18)17-10-5-7-12-19(17)20;22-20(26)18(10-5-11-19(24)25)23-21(27)28-12-17-15-8-3-1-6-13(15)14-7-2-4-9-16(14)17/h4-7,9-12,20-21H,8,13-15H2,1-3H3,(H2,26,29)(H,27,30);4-7,9-12,20-21H,8,13-15H2,1-3H3,(H,26,30)(H,28,29);1-4,6-9,17-18H,5,10-12H2,(H2,22,26)(H,23,27)(H,24,25)/t2*21-;18-/m000/s1. The quantitative estimate of drug-likeness (QED) is 0.0219. The molecule has 6 aromatic carbocycles. The molecule has 92 heavy (non-hydrogen) atoms. The van der Waals surface area contributed by atoms with Crippen LogP contribution < -0.4 is 27.4 Å². The van der Waals surface area contributed by atoms with Crippen molar-refractivity contribution in [2.75, 3.05) is 19.8 Å². The molecule has 0 saturated carbocycles. The van der Waals surface area contributed by atoms with Crippen molar-refractivity contribution in [3.63, 3.8) is 0 Å². The first-order valence-electron chi connectivity index (χ1n) is 30.6. The number of aliphatic carboxylic acids is 2. The van der Waals surface area contributed by atoms with Crippen molar-refractivity contribution in [1.82, 2.24) is 16.0 Å². The summed E-state index contributed by atoms with van der Waals surface area (Å²) in [6.07, 6.45) is -0.834. The number of hydrogen-bond donors (Lipinski definition) is 7. The van der Waals surface area contributed by atoms with Crippen molar-refractivity contribution < 1.29 is 77.0 Å². The van der Waals surface area contributed by atoms with Crippen LogP contribution in [0.1, 0.15) is 150 Å². The molecule has 0 aliphatic heterocycles. The number of carboxylic acid groups (broad SMARTS) is 2. The van der Waals surface area contributed by atoms with E-state index >= 15 is 0 Å². The first-order valence-corrected chi connectivity index (χ1v) is 30.6. The number of carbonyl (C=O) groups excluding carboxylic acids is 7. The van der Waals surface area contributed by atoms with Gasteiger partial charge in [0.2, 0.25) is 11.8 Å². The van der Waals surface area contributed by atoms with E-state index in [2.05, 4.69) is 28.1 Å². The highest BCUT2D eigenvalue weighted by atomic mass is 16.6. The fourth-order valence-electron chi connectivity index (χ4n) is 11.3. The van der Waals surface area contributed by atoms with Gasteiger partial charge >= 0.3 is 42.2 Å². The molecule has 0 radical (unpaired) electrons. The zero-order valence-corrected chi connectivity index (χ0v) is 52.6. The highest BCUT2D eigenvalue weighted by molar-refractivity contribution is 5.86. The van der Waals surface area contributed by atoms with Crippen LogP contribution in [0.15, 0.2) is 146 Å². The number of fused-ring (bicyclic) bond motifs is 9. The summed E-state index contributed by atoms with van der Waals surface area (Å²) >= 11 is 0. The van der Waals surface area contributed by atoms with Crippen LogP contribution in [0.5, 0.6) is 0 Å². The number of carboxylic acids is 2. The number of ether oxygens (including phenoxy) is 5. The number of alkyl carbamates (subject to hydrolysis) is 3. The van der Waals surface area contributed by atoms with Crippen LogP contribution in [-0.2, 0) is 52.5 Å². The summed E-state index contributed by atoms with van der Waals surface area (Å²) in [5.74, 6) is -4.58. The van der Waals surface area contributed by atoms with E-state index in [0.717, 1.165) is 66.8 Å². The van der Waals surface area contributed by atoms with Crippen molar-refractivity contribution >= 4 is 54.0 Å². The summed E-state index contributed by atoms with van der Waals surface area (Å²) in [5, 5.41) is 25.5. The van der Waals surface area contributed by atoms with Gasteiger partial charge < -0.3 is 61.3 Å². The number of benzene rings is 6. The molecule has 0 unspecified atom stereocenters. The number of nitrogens with two attached hydrogens (primary N) is 2. The summed E-state index contributed by atoms with van der Waals surface area (Å²) in [7, 11) is 0. The van der Waals surface area contributed by atoms with E-state index in [1.165, 1.54) is 0 Å². The van der Waals surface area contributed by atoms with E-state index in [1.807, 2.05) is 133 Å². The van der Waals surface area contributed by atoms with Gasteiger partial charge in [0.05, 0.1) is 0 Å². The van der Waals surface area contributed by atoms with Crippen LogP contribution in [0.3, 0.4) is 0 Å². The zero-order chi connectivity index (χ0) is 66.7. The van der Waals surface area contributed by atoms with E-state index in [9.17, 15) is 48.3 Å². The van der Waals surface area contributed by atoms with Crippen molar-refractivity contribution in [3.05, 3.63) is 179 Å². The number of carbonyl (C=O) groups is 9. The molecule has 21 heteroatoms. The van der Waals surface area contributed by atoms with Crippen LogP contribution in [0.2, 0.25) is 0 Å². The Morgan fingerprint density at radius 3 is 0.870 bits per heavy atom. The lowest BCUT2D eigenvalue weighted by atomic mass is 9.98. The molecule has 0 fully saturated rings. The largest absolute Gasteiger partial charge is 0.481 e. The SMILES string of the molecule is CC(C)(C)OC(=O)CCC[C@H](NC(=O)OCC1c2ccccc2-c2ccccc21)C(=O)O.CC(C)(C)OC(=O)CCC[C@H](NC(=O)OCC1c2ccccc2-c2ccccc21)C(N)=O.NC(=O)[C@H](CCCC(=O)O)NC(=O)OCC1c2ccccc2-c2ccccc21. The van der Waals surface area contributed by atoms with Crippen LogP contribution in [0.4, 0.5) is 14.4 Å². The average molecular weight is 1260 g/mol.